The Labute approximate surface area is 182 Å². The first kappa shape index (κ1) is 21.6. The second-order valence-electron chi connectivity index (χ2n) is 8.29. The van der Waals surface area contributed by atoms with E-state index in [4.69, 9.17) is 0 Å². The lowest BCUT2D eigenvalue weighted by Gasteiger charge is -2.08. The molecule has 30 heavy (non-hydrogen) atoms. The molecule has 4 rings (SSSR count). The summed E-state index contributed by atoms with van der Waals surface area (Å²) >= 11 is 0. The van der Waals surface area contributed by atoms with Crippen molar-refractivity contribution in [3.05, 3.63) is 120 Å². The van der Waals surface area contributed by atoms with Crippen molar-refractivity contribution in [2.24, 2.45) is 0 Å². The van der Waals surface area contributed by atoms with Crippen molar-refractivity contribution in [1.82, 2.24) is 0 Å². The van der Waals surface area contributed by atoms with Crippen LogP contribution in [-0.4, -0.2) is 0 Å². The molecule has 0 aliphatic carbocycles. The largest absolute Gasteiger partial charge is 0.0622 e. The first-order valence-electron chi connectivity index (χ1n) is 10.9. The van der Waals surface area contributed by atoms with Crippen molar-refractivity contribution in [3.8, 4) is 22.3 Å². The van der Waals surface area contributed by atoms with E-state index in [2.05, 4.69) is 137 Å². The minimum Gasteiger partial charge on any atom is -0.0622 e. The molecule has 0 atom stereocenters. The average Bonchev–Trinajstić information content (AvgIpc) is 2.81. The molecule has 152 valence electrons. The number of hydrogen-bond donors (Lipinski definition) is 0. The fourth-order valence-corrected chi connectivity index (χ4v) is 3.42. The van der Waals surface area contributed by atoms with Gasteiger partial charge >= 0.3 is 0 Å². The average molecular weight is 393 g/mol. The van der Waals surface area contributed by atoms with Crippen LogP contribution in [0.15, 0.2) is 109 Å². The van der Waals surface area contributed by atoms with Crippen LogP contribution in [0.4, 0.5) is 0 Å². The highest BCUT2D eigenvalue weighted by Crippen LogP contribution is 2.24. The molecule has 0 fully saturated rings. The molecule has 4 aromatic rings. The van der Waals surface area contributed by atoms with E-state index in [-0.39, 0.29) is 0 Å². The summed E-state index contributed by atoms with van der Waals surface area (Å²) in [6.07, 6.45) is 0. The molecule has 0 aromatic heterocycles. The van der Waals surface area contributed by atoms with Crippen LogP contribution in [0.1, 0.15) is 50.7 Å². The Morgan fingerprint density at radius 3 is 1.03 bits per heavy atom. The molecule has 0 radical (unpaired) electrons. The minimum atomic E-state index is 0.591. The van der Waals surface area contributed by atoms with Gasteiger partial charge in [-0.05, 0) is 45.2 Å². The van der Waals surface area contributed by atoms with E-state index in [0.717, 1.165) is 0 Å². The van der Waals surface area contributed by atoms with E-state index in [1.807, 2.05) is 0 Å². The summed E-state index contributed by atoms with van der Waals surface area (Å²) in [5, 5.41) is 0. The molecule has 0 heteroatoms. The van der Waals surface area contributed by atoms with Crippen molar-refractivity contribution in [2.45, 2.75) is 39.5 Å². The normalized spacial score (nSPS) is 10.6. The van der Waals surface area contributed by atoms with Gasteiger partial charge in [-0.3, -0.25) is 0 Å². The maximum atomic E-state index is 2.28. The van der Waals surface area contributed by atoms with Crippen LogP contribution in [0.5, 0.6) is 0 Å². The summed E-state index contributed by atoms with van der Waals surface area (Å²) in [6.45, 7) is 8.91. The fraction of sp³-hybridized carbons (Fsp3) is 0.200. The van der Waals surface area contributed by atoms with Crippen LogP contribution in [0, 0.1) is 0 Å². The summed E-state index contributed by atoms with van der Waals surface area (Å²) in [6, 6.07) is 38.6. The highest BCUT2D eigenvalue weighted by molar-refractivity contribution is 5.65. The van der Waals surface area contributed by atoms with E-state index in [1.54, 1.807) is 0 Å². The second kappa shape index (κ2) is 10.6. The zero-order chi connectivity index (χ0) is 21.3. The van der Waals surface area contributed by atoms with Crippen molar-refractivity contribution < 1.29 is 0 Å². The zero-order valence-electron chi connectivity index (χ0n) is 18.5. The van der Waals surface area contributed by atoms with Gasteiger partial charge in [0.1, 0.15) is 0 Å². The lowest BCUT2D eigenvalue weighted by molar-refractivity contribution is 0.867. The maximum Gasteiger partial charge on any atom is -0.0181 e. The molecular formula is C30H32. The van der Waals surface area contributed by atoms with Gasteiger partial charge in [0, 0.05) is 0 Å². The summed E-state index contributed by atoms with van der Waals surface area (Å²) in [4.78, 5) is 0. The summed E-state index contributed by atoms with van der Waals surface area (Å²) < 4.78 is 0. The second-order valence-corrected chi connectivity index (χ2v) is 8.29. The maximum absolute atomic E-state index is 2.28. The van der Waals surface area contributed by atoms with Crippen LogP contribution in [-0.2, 0) is 0 Å². The molecule has 0 unspecified atom stereocenters. The van der Waals surface area contributed by atoms with Gasteiger partial charge in [-0.1, -0.05) is 137 Å². The van der Waals surface area contributed by atoms with Crippen molar-refractivity contribution >= 4 is 0 Å². The standard InChI is InChI=1S/2C15H16/c2*1-12(2)14-9-6-10-15(11-14)13-7-4-3-5-8-13/h2*3-12H,1-2H3. The predicted octanol–water partition coefficient (Wildman–Crippen LogP) is 8.95. The molecule has 0 aliphatic heterocycles. The van der Waals surface area contributed by atoms with Crippen molar-refractivity contribution in [3.63, 3.8) is 0 Å². The molecule has 0 amide bonds. The fourth-order valence-electron chi connectivity index (χ4n) is 3.42. The van der Waals surface area contributed by atoms with Crippen molar-refractivity contribution in [2.75, 3.05) is 0 Å². The summed E-state index contributed by atoms with van der Waals surface area (Å²) in [5.41, 5.74) is 8.00. The minimum absolute atomic E-state index is 0.591. The molecule has 0 saturated heterocycles. The Balaban J connectivity index is 0.000000171. The van der Waals surface area contributed by atoms with Gasteiger partial charge in [-0.15, -0.1) is 0 Å². The third-order valence-corrected chi connectivity index (χ3v) is 5.32. The number of benzene rings is 4. The molecule has 0 bridgehead atoms. The Bertz CT molecular complexity index is 941. The van der Waals surface area contributed by atoms with Gasteiger partial charge in [-0.25, -0.2) is 0 Å². The van der Waals surface area contributed by atoms with Gasteiger partial charge in [0.05, 0.1) is 0 Å². The molecule has 0 heterocycles. The van der Waals surface area contributed by atoms with Gasteiger partial charge in [0.2, 0.25) is 0 Å². The number of hydrogen-bond acceptors (Lipinski definition) is 0. The van der Waals surface area contributed by atoms with Crippen LogP contribution < -0.4 is 0 Å². The summed E-state index contributed by atoms with van der Waals surface area (Å²) in [5.74, 6) is 1.18. The SMILES string of the molecule is CC(C)c1cccc(-c2ccccc2)c1.CC(C)c1cccc(-c2ccccc2)c1. The quantitative estimate of drug-likeness (QED) is 0.325. The van der Waals surface area contributed by atoms with Crippen LogP contribution in [0.25, 0.3) is 22.3 Å². The lowest BCUT2D eigenvalue weighted by atomic mass is 9.98. The first-order valence-corrected chi connectivity index (χ1v) is 10.9. The van der Waals surface area contributed by atoms with E-state index in [1.165, 1.54) is 33.4 Å². The molecule has 0 N–H and O–H groups in total. The lowest BCUT2D eigenvalue weighted by Crippen LogP contribution is -1.87. The van der Waals surface area contributed by atoms with E-state index >= 15 is 0 Å². The molecule has 0 saturated carbocycles. The topological polar surface area (TPSA) is 0 Å². The van der Waals surface area contributed by atoms with E-state index < -0.39 is 0 Å². The molecular weight excluding hydrogens is 360 g/mol. The Morgan fingerprint density at radius 1 is 0.367 bits per heavy atom. The zero-order valence-corrected chi connectivity index (χ0v) is 18.5. The predicted molar refractivity (Wildman–Crippen MR) is 132 cm³/mol. The molecule has 4 aromatic carbocycles. The van der Waals surface area contributed by atoms with Gasteiger partial charge in [0.25, 0.3) is 0 Å². The van der Waals surface area contributed by atoms with Crippen LogP contribution in [0.3, 0.4) is 0 Å². The monoisotopic (exact) mass is 392 g/mol. The van der Waals surface area contributed by atoms with Gasteiger partial charge < -0.3 is 0 Å². The van der Waals surface area contributed by atoms with Crippen molar-refractivity contribution in [1.29, 1.82) is 0 Å². The molecule has 0 spiro atoms. The summed E-state index contributed by atoms with van der Waals surface area (Å²) in [7, 11) is 0. The smallest absolute Gasteiger partial charge is 0.0181 e. The van der Waals surface area contributed by atoms with Crippen LogP contribution in [0.2, 0.25) is 0 Å². The van der Waals surface area contributed by atoms with Crippen LogP contribution >= 0.6 is 0 Å². The Kier molecular flexibility index (Phi) is 7.63. The highest BCUT2D eigenvalue weighted by Gasteiger charge is 2.02. The van der Waals surface area contributed by atoms with E-state index in [0.29, 0.717) is 11.8 Å². The Hall–Kier alpha value is -3.12. The van der Waals surface area contributed by atoms with Gasteiger partial charge in [0.15, 0.2) is 0 Å². The molecule has 0 nitrogen and oxygen atoms in total. The molecule has 0 aliphatic rings. The third kappa shape index (κ3) is 5.94. The number of rotatable bonds is 4. The van der Waals surface area contributed by atoms with E-state index in [9.17, 15) is 0 Å². The highest BCUT2D eigenvalue weighted by atomic mass is 14.1. The first-order chi connectivity index (χ1) is 14.5. The Morgan fingerprint density at radius 2 is 0.700 bits per heavy atom. The third-order valence-electron chi connectivity index (χ3n) is 5.32. The van der Waals surface area contributed by atoms with Gasteiger partial charge in [-0.2, -0.15) is 0 Å².